The van der Waals surface area contributed by atoms with Crippen LogP contribution in [0.3, 0.4) is 0 Å². The first-order valence-electron chi connectivity index (χ1n) is 6.10. The Morgan fingerprint density at radius 2 is 2.00 bits per heavy atom. The molecule has 0 saturated heterocycles. The summed E-state index contributed by atoms with van der Waals surface area (Å²) in [5, 5.41) is 3.38. The number of carbonyl (C=O) groups is 1. The van der Waals surface area contributed by atoms with Crippen molar-refractivity contribution in [2.45, 2.75) is 6.42 Å². The lowest BCUT2D eigenvalue weighted by molar-refractivity contribution is -0.115. The molecule has 0 saturated carbocycles. The Balaban J connectivity index is 2.18. The number of anilines is 1. The van der Waals surface area contributed by atoms with E-state index in [4.69, 9.17) is 29.6 Å². The van der Waals surface area contributed by atoms with Crippen LogP contribution in [0.2, 0.25) is 5.02 Å². The van der Waals surface area contributed by atoms with E-state index < -0.39 is 0 Å². The van der Waals surface area contributed by atoms with Gasteiger partial charge in [0.15, 0.2) is 0 Å². The van der Waals surface area contributed by atoms with Crippen molar-refractivity contribution in [1.29, 1.82) is 0 Å². The second kappa shape index (κ2) is 7.02. The van der Waals surface area contributed by atoms with Crippen LogP contribution in [0.1, 0.15) is 11.1 Å². The van der Waals surface area contributed by atoms with E-state index in [0.717, 1.165) is 10.0 Å². The highest BCUT2D eigenvalue weighted by Crippen LogP contribution is 2.22. The zero-order chi connectivity index (χ0) is 15.4. The van der Waals surface area contributed by atoms with Gasteiger partial charge < -0.3 is 11.1 Å². The summed E-state index contributed by atoms with van der Waals surface area (Å²) in [4.78, 5) is 12.4. The maximum absolute atomic E-state index is 12.2. The summed E-state index contributed by atoms with van der Waals surface area (Å²) in [6.45, 7) is 0. The van der Waals surface area contributed by atoms with Crippen molar-refractivity contribution in [3.8, 4) is 0 Å². The van der Waals surface area contributed by atoms with Gasteiger partial charge in [0.25, 0.3) is 0 Å². The number of rotatable bonds is 4. The molecule has 6 heteroatoms. The van der Waals surface area contributed by atoms with Gasteiger partial charge >= 0.3 is 0 Å². The molecule has 0 unspecified atom stereocenters. The van der Waals surface area contributed by atoms with E-state index in [-0.39, 0.29) is 17.3 Å². The van der Waals surface area contributed by atoms with Gasteiger partial charge in [-0.15, -0.1) is 0 Å². The van der Waals surface area contributed by atoms with Gasteiger partial charge in [-0.1, -0.05) is 57.9 Å². The van der Waals surface area contributed by atoms with Gasteiger partial charge in [0, 0.05) is 15.1 Å². The maximum atomic E-state index is 12.2. The van der Waals surface area contributed by atoms with Gasteiger partial charge in [-0.05, 0) is 29.8 Å². The number of thiocarbonyl (C=S) groups is 1. The molecule has 0 spiro atoms. The molecule has 0 aliphatic heterocycles. The lowest BCUT2D eigenvalue weighted by Crippen LogP contribution is -2.19. The number of halogens is 2. The van der Waals surface area contributed by atoms with E-state index in [1.165, 1.54) is 0 Å². The molecule has 0 aromatic heterocycles. The van der Waals surface area contributed by atoms with Gasteiger partial charge in [-0.3, -0.25) is 4.79 Å². The van der Waals surface area contributed by atoms with Crippen LogP contribution in [0.15, 0.2) is 46.9 Å². The van der Waals surface area contributed by atoms with Crippen LogP contribution in [-0.4, -0.2) is 10.9 Å². The van der Waals surface area contributed by atoms with Gasteiger partial charge in [-0.2, -0.15) is 0 Å². The number of carbonyl (C=O) groups excluding carboxylic acids is 1. The van der Waals surface area contributed by atoms with Gasteiger partial charge in [0.2, 0.25) is 5.91 Å². The van der Waals surface area contributed by atoms with E-state index in [9.17, 15) is 4.79 Å². The minimum atomic E-state index is -0.182. The summed E-state index contributed by atoms with van der Waals surface area (Å²) >= 11 is 14.4. The summed E-state index contributed by atoms with van der Waals surface area (Å²) in [5.74, 6) is -0.182. The summed E-state index contributed by atoms with van der Waals surface area (Å²) in [5.41, 5.74) is 7.63. The summed E-state index contributed by atoms with van der Waals surface area (Å²) in [7, 11) is 0. The summed E-state index contributed by atoms with van der Waals surface area (Å²) in [6, 6.07) is 12.6. The maximum Gasteiger partial charge on any atom is 0.228 e. The molecule has 0 radical (unpaired) electrons. The molecule has 0 aliphatic carbocycles. The molecule has 2 aromatic carbocycles. The lowest BCUT2D eigenvalue weighted by Gasteiger charge is -2.11. The average molecular weight is 384 g/mol. The van der Waals surface area contributed by atoms with Crippen molar-refractivity contribution in [2.75, 3.05) is 5.32 Å². The normalized spacial score (nSPS) is 10.2. The van der Waals surface area contributed by atoms with Crippen molar-refractivity contribution in [2.24, 2.45) is 5.73 Å². The number of hydrogen-bond donors (Lipinski definition) is 2. The Bertz CT molecular complexity index is 706. The molecule has 0 bridgehead atoms. The molecule has 0 fully saturated rings. The Labute approximate surface area is 141 Å². The molecule has 0 atom stereocenters. The highest BCUT2D eigenvalue weighted by molar-refractivity contribution is 9.10. The smallest absolute Gasteiger partial charge is 0.228 e. The van der Waals surface area contributed by atoms with E-state index in [1.54, 1.807) is 18.2 Å². The molecule has 3 nitrogen and oxygen atoms in total. The number of nitrogens with two attached hydrogens (primary N) is 1. The predicted octanol–water partition coefficient (Wildman–Crippen LogP) is 3.92. The number of nitrogens with one attached hydrogen (secondary N) is 1. The average Bonchev–Trinajstić information content (AvgIpc) is 2.41. The number of amides is 1. The van der Waals surface area contributed by atoms with Crippen LogP contribution in [-0.2, 0) is 11.2 Å². The van der Waals surface area contributed by atoms with Crippen molar-refractivity contribution < 1.29 is 4.79 Å². The SMILES string of the molecule is NC(=S)c1ccc(Br)cc1NC(=O)Cc1ccccc1Cl. The zero-order valence-corrected chi connectivity index (χ0v) is 14.1. The molecule has 3 N–H and O–H groups in total. The molecular formula is C15H12BrClN2OS. The van der Waals surface area contributed by atoms with Crippen molar-refractivity contribution in [1.82, 2.24) is 0 Å². The summed E-state index contributed by atoms with van der Waals surface area (Å²) in [6.07, 6.45) is 0.183. The van der Waals surface area contributed by atoms with Crippen LogP contribution in [0, 0.1) is 0 Å². The number of hydrogen-bond acceptors (Lipinski definition) is 2. The first kappa shape index (κ1) is 15.9. The Hall–Kier alpha value is -1.43. The molecule has 0 aliphatic rings. The molecular weight excluding hydrogens is 372 g/mol. The highest BCUT2D eigenvalue weighted by atomic mass is 79.9. The van der Waals surface area contributed by atoms with Crippen molar-refractivity contribution in [3.05, 3.63) is 63.1 Å². The standard InChI is InChI=1S/C15H12BrClN2OS/c16-10-5-6-11(15(18)21)13(8-10)19-14(20)7-9-3-1-2-4-12(9)17/h1-6,8H,7H2,(H2,18,21)(H,19,20). The van der Waals surface area contributed by atoms with E-state index in [0.29, 0.717) is 16.3 Å². The molecule has 0 heterocycles. The van der Waals surface area contributed by atoms with E-state index in [1.807, 2.05) is 24.3 Å². The first-order chi connectivity index (χ1) is 9.97. The number of benzene rings is 2. The Morgan fingerprint density at radius 1 is 1.29 bits per heavy atom. The predicted molar refractivity (Wildman–Crippen MR) is 93.8 cm³/mol. The van der Waals surface area contributed by atoms with Gasteiger partial charge in [0.05, 0.1) is 12.1 Å². The summed E-state index contributed by atoms with van der Waals surface area (Å²) < 4.78 is 0.829. The second-order valence-corrected chi connectivity index (χ2v) is 6.13. The van der Waals surface area contributed by atoms with Crippen LogP contribution >= 0.6 is 39.7 Å². The van der Waals surface area contributed by atoms with Crippen molar-refractivity contribution >= 4 is 56.3 Å². The largest absolute Gasteiger partial charge is 0.389 e. The van der Waals surface area contributed by atoms with Gasteiger partial charge in [0.1, 0.15) is 4.99 Å². The monoisotopic (exact) mass is 382 g/mol. The third-order valence-corrected chi connectivity index (χ3v) is 3.91. The van der Waals surface area contributed by atoms with E-state index in [2.05, 4.69) is 21.2 Å². The van der Waals surface area contributed by atoms with Crippen LogP contribution in [0.4, 0.5) is 5.69 Å². The van der Waals surface area contributed by atoms with Crippen LogP contribution in [0.25, 0.3) is 0 Å². The molecule has 108 valence electrons. The highest BCUT2D eigenvalue weighted by Gasteiger charge is 2.11. The lowest BCUT2D eigenvalue weighted by atomic mass is 10.1. The van der Waals surface area contributed by atoms with E-state index >= 15 is 0 Å². The fraction of sp³-hybridized carbons (Fsp3) is 0.0667. The second-order valence-electron chi connectivity index (χ2n) is 4.37. The molecule has 2 rings (SSSR count). The topological polar surface area (TPSA) is 55.1 Å². The molecule has 21 heavy (non-hydrogen) atoms. The first-order valence-corrected chi connectivity index (χ1v) is 7.68. The quantitative estimate of drug-likeness (QED) is 0.787. The van der Waals surface area contributed by atoms with Gasteiger partial charge in [-0.25, -0.2) is 0 Å². The Kier molecular flexibility index (Phi) is 5.33. The minimum absolute atomic E-state index is 0.182. The van der Waals surface area contributed by atoms with Crippen molar-refractivity contribution in [3.63, 3.8) is 0 Å². The van der Waals surface area contributed by atoms with Crippen LogP contribution < -0.4 is 11.1 Å². The fourth-order valence-electron chi connectivity index (χ4n) is 1.84. The minimum Gasteiger partial charge on any atom is -0.389 e. The van der Waals surface area contributed by atoms with Crippen LogP contribution in [0.5, 0.6) is 0 Å². The third-order valence-electron chi connectivity index (χ3n) is 2.83. The Morgan fingerprint density at radius 3 is 2.67 bits per heavy atom. The molecule has 2 aromatic rings. The molecule has 1 amide bonds. The fourth-order valence-corrected chi connectivity index (χ4v) is 2.59. The third kappa shape index (κ3) is 4.27. The zero-order valence-electron chi connectivity index (χ0n) is 10.9.